The predicted molar refractivity (Wildman–Crippen MR) is 121 cm³/mol. The minimum Gasteiger partial charge on any atom is -0.352 e. The smallest absolute Gasteiger partial charge is 0.243 e. The molecule has 1 aliphatic heterocycles. The molecule has 0 aromatic heterocycles. The van der Waals surface area contributed by atoms with Crippen molar-refractivity contribution in [2.45, 2.75) is 49.6 Å². The Kier molecular flexibility index (Phi) is 6.46. The Hall–Kier alpha value is -2.22. The van der Waals surface area contributed by atoms with E-state index in [1.54, 1.807) is 12.1 Å². The standard InChI is InChI=1S/C24H31N3O3S/c1-18(2)19-8-12-22(13-9-19)31(29,30)27-16-14-26(15-17-27)23(20-6-4-3-5-7-20)24(28)25-21-10-11-21/h3-9,12-13,18,21,23H,10-11,14-17H2,1-2H3,(H,25,28)/t23-/m0/s1. The summed E-state index contributed by atoms with van der Waals surface area (Å²) in [7, 11) is -3.54. The Labute approximate surface area is 185 Å². The van der Waals surface area contributed by atoms with Gasteiger partial charge >= 0.3 is 0 Å². The van der Waals surface area contributed by atoms with E-state index < -0.39 is 16.1 Å². The zero-order valence-corrected chi connectivity index (χ0v) is 19.0. The van der Waals surface area contributed by atoms with Gasteiger partial charge in [-0.1, -0.05) is 56.3 Å². The van der Waals surface area contributed by atoms with Gasteiger partial charge in [0.15, 0.2) is 0 Å². The van der Waals surface area contributed by atoms with Crippen LogP contribution in [0.2, 0.25) is 0 Å². The number of rotatable bonds is 7. The van der Waals surface area contributed by atoms with Crippen LogP contribution in [-0.4, -0.2) is 55.8 Å². The first kappa shape index (κ1) is 22.0. The number of nitrogens with zero attached hydrogens (tertiary/aromatic N) is 2. The van der Waals surface area contributed by atoms with Gasteiger partial charge in [-0.05, 0) is 42.0 Å². The summed E-state index contributed by atoms with van der Waals surface area (Å²) in [4.78, 5) is 15.4. The number of hydrogen-bond donors (Lipinski definition) is 1. The second-order valence-corrected chi connectivity index (χ2v) is 10.7. The highest BCUT2D eigenvalue weighted by atomic mass is 32.2. The first-order chi connectivity index (χ1) is 14.9. The lowest BCUT2D eigenvalue weighted by atomic mass is 10.0. The summed E-state index contributed by atoms with van der Waals surface area (Å²) in [5.41, 5.74) is 2.07. The molecule has 0 spiro atoms. The van der Waals surface area contributed by atoms with Crippen LogP contribution in [0.3, 0.4) is 0 Å². The molecule has 0 bridgehead atoms. The van der Waals surface area contributed by atoms with Gasteiger partial charge in [-0.15, -0.1) is 0 Å². The van der Waals surface area contributed by atoms with Crippen LogP contribution in [0.5, 0.6) is 0 Å². The quantitative estimate of drug-likeness (QED) is 0.717. The third kappa shape index (κ3) is 5.00. The number of carbonyl (C=O) groups is 1. The fourth-order valence-electron chi connectivity index (χ4n) is 4.05. The van der Waals surface area contributed by atoms with Crippen LogP contribution in [0.4, 0.5) is 0 Å². The zero-order chi connectivity index (χ0) is 22.0. The summed E-state index contributed by atoms with van der Waals surface area (Å²) in [6.45, 7) is 5.95. The highest BCUT2D eigenvalue weighted by Gasteiger charge is 2.36. The molecule has 2 fully saturated rings. The Bertz CT molecular complexity index is 994. The molecule has 0 radical (unpaired) electrons. The Morgan fingerprint density at radius 3 is 2.06 bits per heavy atom. The maximum atomic E-state index is 13.1. The number of hydrogen-bond acceptors (Lipinski definition) is 4. The normalized spacial score (nSPS) is 19.3. The van der Waals surface area contributed by atoms with E-state index in [2.05, 4.69) is 24.1 Å². The Balaban J connectivity index is 1.47. The van der Waals surface area contributed by atoms with Crippen molar-refractivity contribution in [1.82, 2.24) is 14.5 Å². The van der Waals surface area contributed by atoms with Crippen molar-refractivity contribution in [2.24, 2.45) is 0 Å². The topological polar surface area (TPSA) is 69.7 Å². The summed E-state index contributed by atoms with van der Waals surface area (Å²) in [6, 6.07) is 16.8. The van der Waals surface area contributed by atoms with E-state index >= 15 is 0 Å². The summed E-state index contributed by atoms with van der Waals surface area (Å²) >= 11 is 0. The van der Waals surface area contributed by atoms with Crippen molar-refractivity contribution in [3.05, 3.63) is 65.7 Å². The van der Waals surface area contributed by atoms with Crippen LogP contribution in [0.25, 0.3) is 0 Å². The minimum absolute atomic E-state index is 0.00859. The van der Waals surface area contributed by atoms with Gasteiger partial charge in [-0.3, -0.25) is 9.69 Å². The van der Waals surface area contributed by atoms with Crippen LogP contribution in [-0.2, 0) is 14.8 Å². The van der Waals surface area contributed by atoms with Gasteiger partial charge in [-0.2, -0.15) is 4.31 Å². The van der Waals surface area contributed by atoms with E-state index in [1.807, 2.05) is 42.5 Å². The van der Waals surface area contributed by atoms with Crippen molar-refractivity contribution in [2.75, 3.05) is 26.2 Å². The first-order valence-electron chi connectivity index (χ1n) is 11.1. The zero-order valence-electron chi connectivity index (χ0n) is 18.2. The van der Waals surface area contributed by atoms with Crippen LogP contribution in [0.1, 0.15) is 49.8 Å². The fourth-order valence-corrected chi connectivity index (χ4v) is 5.47. The maximum absolute atomic E-state index is 13.1. The summed E-state index contributed by atoms with van der Waals surface area (Å²) < 4.78 is 27.8. The van der Waals surface area contributed by atoms with Crippen molar-refractivity contribution in [3.63, 3.8) is 0 Å². The number of carbonyl (C=O) groups excluding carboxylic acids is 1. The van der Waals surface area contributed by atoms with Crippen LogP contribution < -0.4 is 5.32 Å². The molecule has 1 atom stereocenters. The molecule has 0 unspecified atom stereocenters. The molecule has 166 valence electrons. The fraction of sp³-hybridized carbons (Fsp3) is 0.458. The molecular weight excluding hydrogens is 410 g/mol. The molecule has 31 heavy (non-hydrogen) atoms. The van der Waals surface area contributed by atoms with E-state index in [4.69, 9.17) is 0 Å². The molecule has 4 rings (SSSR count). The molecule has 2 aromatic carbocycles. The lowest BCUT2D eigenvalue weighted by Crippen LogP contribution is -2.52. The van der Waals surface area contributed by atoms with E-state index in [0.717, 1.165) is 24.0 Å². The van der Waals surface area contributed by atoms with Crippen LogP contribution >= 0.6 is 0 Å². The molecule has 1 saturated heterocycles. The van der Waals surface area contributed by atoms with E-state index in [-0.39, 0.29) is 11.9 Å². The first-order valence-corrected chi connectivity index (χ1v) is 12.5. The predicted octanol–water partition coefficient (Wildman–Crippen LogP) is 3.14. The molecule has 1 heterocycles. The van der Waals surface area contributed by atoms with Gasteiger partial charge < -0.3 is 5.32 Å². The molecule has 6 nitrogen and oxygen atoms in total. The molecule has 1 saturated carbocycles. The van der Waals surface area contributed by atoms with Gasteiger partial charge in [0.05, 0.1) is 4.90 Å². The molecule has 2 aromatic rings. The summed E-state index contributed by atoms with van der Waals surface area (Å²) in [5, 5.41) is 3.12. The summed E-state index contributed by atoms with van der Waals surface area (Å²) in [5.74, 6) is 0.367. The molecule has 1 aliphatic carbocycles. The summed E-state index contributed by atoms with van der Waals surface area (Å²) in [6.07, 6.45) is 2.07. The second kappa shape index (κ2) is 9.10. The second-order valence-electron chi connectivity index (χ2n) is 8.76. The maximum Gasteiger partial charge on any atom is 0.243 e. The number of amides is 1. The minimum atomic E-state index is -3.54. The number of piperazine rings is 1. The Morgan fingerprint density at radius 2 is 1.52 bits per heavy atom. The molecule has 1 N–H and O–H groups in total. The average molecular weight is 442 g/mol. The van der Waals surface area contributed by atoms with E-state index in [9.17, 15) is 13.2 Å². The third-order valence-electron chi connectivity index (χ3n) is 6.11. The average Bonchev–Trinajstić information content (AvgIpc) is 3.59. The highest BCUT2D eigenvalue weighted by Crippen LogP contribution is 2.27. The van der Waals surface area contributed by atoms with E-state index in [0.29, 0.717) is 37.0 Å². The third-order valence-corrected chi connectivity index (χ3v) is 8.02. The van der Waals surface area contributed by atoms with Gasteiger partial charge in [0.25, 0.3) is 0 Å². The number of sulfonamides is 1. The van der Waals surface area contributed by atoms with Crippen LogP contribution in [0.15, 0.2) is 59.5 Å². The molecule has 2 aliphatic rings. The molecule has 7 heteroatoms. The SMILES string of the molecule is CC(C)c1ccc(S(=O)(=O)N2CCN([C@H](C(=O)NC3CC3)c3ccccc3)CC2)cc1. The van der Waals surface area contributed by atoms with Crippen molar-refractivity contribution >= 4 is 15.9 Å². The monoisotopic (exact) mass is 441 g/mol. The lowest BCUT2D eigenvalue weighted by Gasteiger charge is -2.38. The van der Waals surface area contributed by atoms with Gasteiger partial charge in [0.1, 0.15) is 6.04 Å². The van der Waals surface area contributed by atoms with Crippen molar-refractivity contribution in [1.29, 1.82) is 0 Å². The van der Waals surface area contributed by atoms with Gasteiger partial charge in [0.2, 0.25) is 15.9 Å². The highest BCUT2D eigenvalue weighted by molar-refractivity contribution is 7.89. The largest absolute Gasteiger partial charge is 0.352 e. The van der Waals surface area contributed by atoms with Crippen LogP contribution in [0, 0.1) is 0 Å². The van der Waals surface area contributed by atoms with Crippen molar-refractivity contribution < 1.29 is 13.2 Å². The number of benzene rings is 2. The van der Waals surface area contributed by atoms with E-state index in [1.165, 1.54) is 4.31 Å². The van der Waals surface area contributed by atoms with Crippen molar-refractivity contribution in [3.8, 4) is 0 Å². The Morgan fingerprint density at radius 1 is 0.903 bits per heavy atom. The lowest BCUT2D eigenvalue weighted by molar-refractivity contribution is -0.127. The number of nitrogens with one attached hydrogen (secondary N) is 1. The molecule has 1 amide bonds. The van der Waals surface area contributed by atoms with Gasteiger partial charge in [0, 0.05) is 32.2 Å². The van der Waals surface area contributed by atoms with Gasteiger partial charge in [-0.25, -0.2) is 8.42 Å². The molecular formula is C24H31N3O3S.